The number of nitrogens with zero attached hydrogens (tertiary/aromatic N) is 3. The second kappa shape index (κ2) is 8.98. The summed E-state index contributed by atoms with van der Waals surface area (Å²) in [5, 5.41) is 11.0. The Morgan fingerprint density at radius 3 is 2.74 bits per heavy atom. The fraction of sp³-hybridized carbons (Fsp3) is 0.444. The van der Waals surface area contributed by atoms with Crippen LogP contribution in [-0.2, 0) is 6.54 Å². The van der Waals surface area contributed by atoms with Crippen molar-refractivity contribution in [3.63, 3.8) is 0 Å². The highest BCUT2D eigenvalue weighted by molar-refractivity contribution is 5.80. The number of aliphatic imine (C=N–C) groups is 1. The summed E-state index contributed by atoms with van der Waals surface area (Å²) in [4.78, 5) is 4.65. The first-order valence-corrected chi connectivity index (χ1v) is 8.28. The molecular formula is C18H27N5. The Kier molecular flexibility index (Phi) is 6.66. The van der Waals surface area contributed by atoms with Crippen molar-refractivity contribution in [2.45, 2.75) is 39.8 Å². The normalized spacial score (nSPS) is 12.9. The van der Waals surface area contributed by atoms with E-state index in [1.807, 2.05) is 16.9 Å². The van der Waals surface area contributed by atoms with E-state index in [-0.39, 0.29) is 6.04 Å². The number of nitrogens with one attached hydrogen (secondary N) is 2. The third kappa shape index (κ3) is 5.77. The molecule has 0 aliphatic heterocycles. The molecule has 2 rings (SSSR count). The molecule has 124 valence electrons. The van der Waals surface area contributed by atoms with Gasteiger partial charge >= 0.3 is 0 Å². The maximum Gasteiger partial charge on any atom is 0.191 e. The van der Waals surface area contributed by atoms with E-state index in [0.717, 1.165) is 32.0 Å². The molecule has 0 saturated carbocycles. The van der Waals surface area contributed by atoms with Crippen LogP contribution in [0.3, 0.4) is 0 Å². The molecule has 1 atom stereocenters. The maximum atomic E-state index is 4.65. The van der Waals surface area contributed by atoms with Crippen LogP contribution in [0.25, 0.3) is 0 Å². The summed E-state index contributed by atoms with van der Waals surface area (Å²) in [6.45, 7) is 8.80. The van der Waals surface area contributed by atoms with Crippen molar-refractivity contribution < 1.29 is 0 Å². The molecule has 5 heteroatoms. The van der Waals surface area contributed by atoms with Crippen LogP contribution >= 0.6 is 0 Å². The van der Waals surface area contributed by atoms with Gasteiger partial charge in [-0.15, -0.1) is 0 Å². The monoisotopic (exact) mass is 313 g/mol. The summed E-state index contributed by atoms with van der Waals surface area (Å²) in [7, 11) is 0. The maximum absolute atomic E-state index is 4.65. The zero-order chi connectivity index (χ0) is 16.5. The van der Waals surface area contributed by atoms with Gasteiger partial charge in [0.15, 0.2) is 5.96 Å². The van der Waals surface area contributed by atoms with Crippen molar-refractivity contribution >= 4 is 5.96 Å². The van der Waals surface area contributed by atoms with Gasteiger partial charge in [-0.25, -0.2) is 0 Å². The number of hydrogen-bond acceptors (Lipinski definition) is 2. The van der Waals surface area contributed by atoms with E-state index in [2.05, 4.69) is 72.0 Å². The zero-order valence-electron chi connectivity index (χ0n) is 14.3. The average molecular weight is 313 g/mol. The number of benzene rings is 1. The lowest BCUT2D eigenvalue weighted by Crippen LogP contribution is -2.38. The van der Waals surface area contributed by atoms with Crippen LogP contribution in [0.2, 0.25) is 0 Å². The predicted molar refractivity (Wildman–Crippen MR) is 95.6 cm³/mol. The highest BCUT2D eigenvalue weighted by Crippen LogP contribution is 2.10. The minimum absolute atomic E-state index is 0.225. The van der Waals surface area contributed by atoms with Crippen molar-refractivity contribution in [2.75, 3.05) is 13.1 Å². The molecule has 0 radical (unpaired) electrons. The molecule has 0 aliphatic carbocycles. The van der Waals surface area contributed by atoms with Gasteiger partial charge in [-0.05, 0) is 38.3 Å². The number of rotatable bonds is 7. The molecular weight excluding hydrogens is 286 g/mol. The smallest absolute Gasteiger partial charge is 0.191 e. The van der Waals surface area contributed by atoms with E-state index in [9.17, 15) is 0 Å². The summed E-state index contributed by atoms with van der Waals surface area (Å²) in [6.07, 6.45) is 4.92. The van der Waals surface area contributed by atoms with Crippen molar-refractivity contribution in [2.24, 2.45) is 4.99 Å². The summed E-state index contributed by atoms with van der Waals surface area (Å²) < 4.78 is 1.97. The summed E-state index contributed by atoms with van der Waals surface area (Å²) in [6, 6.07) is 10.6. The van der Waals surface area contributed by atoms with Gasteiger partial charge in [-0.3, -0.25) is 9.67 Å². The lowest BCUT2D eigenvalue weighted by atomic mass is 10.1. The van der Waals surface area contributed by atoms with Crippen molar-refractivity contribution in [3.8, 4) is 0 Å². The molecule has 5 nitrogen and oxygen atoms in total. The minimum atomic E-state index is 0.225. The van der Waals surface area contributed by atoms with E-state index in [1.54, 1.807) is 0 Å². The molecule has 0 spiro atoms. The SMILES string of the molecule is CCNC(=NCCCn1cc(C)cn1)NC(C)c1ccccc1. The van der Waals surface area contributed by atoms with E-state index >= 15 is 0 Å². The van der Waals surface area contributed by atoms with E-state index in [0.29, 0.717) is 0 Å². The van der Waals surface area contributed by atoms with Crippen molar-refractivity contribution in [3.05, 3.63) is 53.9 Å². The van der Waals surface area contributed by atoms with Gasteiger partial charge in [-0.1, -0.05) is 30.3 Å². The van der Waals surface area contributed by atoms with E-state index < -0.39 is 0 Å². The van der Waals surface area contributed by atoms with Crippen LogP contribution in [0.5, 0.6) is 0 Å². The van der Waals surface area contributed by atoms with E-state index in [1.165, 1.54) is 11.1 Å². The molecule has 23 heavy (non-hydrogen) atoms. The van der Waals surface area contributed by atoms with Gasteiger partial charge in [0.05, 0.1) is 12.2 Å². The molecule has 1 aromatic carbocycles. The quantitative estimate of drug-likeness (QED) is 0.469. The first-order chi connectivity index (χ1) is 11.2. The standard InChI is InChI=1S/C18H27N5/c1-4-19-18(22-16(3)17-9-6-5-7-10-17)20-11-8-12-23-14-15(2)13-21-23/h5-7,9-10,13-14,16H,4,8,11-12H2,1-3H3,(H2,19,20,22). The van der Waals surface area contributed by atoms with Gasteiger partial charge in [0.2, 0.25) is 0 Å². The number of aromatic nitrogens is 2. The average Bonchev–Trinajstić information content (AvgIpc) is 2.98. The minimum Gasteiger partial charge on any atom is -0.357 e. The summed E-state index contributed by atoms with van der Waals surface area (Å²) >= 11 is 0. The Morgan fingerprint density at radius 1 is 1.30 bits per heavy atom. The van der Waals surface area contributed by atoms with Crippen LogP contribution in [-0.4, -0.2) is 28.8 Å². The molecule has 0 fully saturated rings. The third-order valence-corrected chi connectivity index (χ3v) is 3.57. The molecule has 2 N–H and O–H groups in total. The highest BCUT2D eigenvalue weighted by atomic mass is 15.3. The number of guanidine groups is 1. The summed E-state index contributed by atoms with van der Waals surface area (Å²) in [5.74, 6) is 0.862. The Hall–Kier alpha value is -2.30. The molecule has 0 aliphatic rings. The van der Waals surface area contributed by atoms with Gasteiger partial charge < -0.3 is 10.6 Å². The lowest BCUT2D eigenvalue weighted by molar-refractivity contribution is 0.582. The molecule has 1 aromatic heterocycles. The highest BCUT2D eigenvalue weighted by Gasteiger charge is 2.06. The second-order valence-electron chi connectivity index (χ2n) is 5.67. The third-order valence-electron chi connectivity index (χ3n) is 3.57. The Balaban J connectivity index is 1.84. The molecule has 0 amide bonds. The van der Waals surface area contributed by atoms with Gasteiger partial charge in [0, 0.05) is 25.8 Å². The summed E-state index contributed by atoms with van der Waals surface area (Å²) in [5.41, 5.74) is 2.45. The molecule has 2 aromatic rings. The van der Waals surface area contributed by atoms with Crippen LogP contribution in [0.15, 0.2) is 47.7 Å². The van der Waals surface area contributed by atoms with Crippen molar-refractivity contribution in [1.82, 2.24) is 20.4 Å². The molecule has 0 bridgehead atoms. The number of hydrogen-bond donors (Lipinski definition) is 2. The zero-order valence-corrected chi connectivity index (χ0v) is 14.3. The van der Waals surface area contributed by atoms with Gasteiger partial charge in [0.1, 0.15) is 0 Å². The second-order valence-corrected chi connectivity index (χ2v) is 5.67. The Labute approximate surface area is 138 Å². The fourth-order valence-electron chi connectivity index (χ4n) is 2.36. The largest absolute Gasteiger partial charge is 0.357 e. The predicted octanol–water partition coefficient (Wildman–Crippen LogP) is 2.90. The Bertz CT molecular complexity index is 603. The van der Waals surface area contributed by atoms with Crippen LogP contribution in [0.1, 0.15) is 37.4 Å². The van der Waals surface area contributed by atoms with Crippen LogP contribution in [0.4, 0.5) is 0 Å². The van der Waals surface area contributed by atoms with Crippen LogP contribution < -0.4 is 10.6 Å². The fourth-order valence-corrected chi connectivity index (χ4v) is 2.36. The van der Waals surface area contributed by atoms with Gasteiger partial charge in [-0.2, -0.15) is 5.10 Å². The van der Waals surface area contributed by atoms with Crippen LogP contribution in [0, 0.1) is 6.92 Å². The van der Waals surface area contributed by atoms with E-state index in [4.69, 9.17) is 0 Å². The van der Waals surface area contributed by atoms with Crippen molar-refractivity contribution in [1.29, 1.82) is 0 Å². The first kappa shape index (κ1) is 17.1. The molecule has 1 heterocycles. The number of aryl methyl sites for hydroxylation is 2. The lowest BCUT2D eigenvalue weighted by Gasteiger charge is -2.18. The topological polar surface area (TPSA) is 54.2 Å². The molecule has 0 saturated heterocycles. The Morgan fingerprint density at radius 2 is 2.09 bits per heavy atom. The first-order valence-electron chi connectivity index (χ1n) is 8.28. The van der Waals surface area contributed by atoms with Gasteiger partial charge in [0.25, 0.3) is 0 Å². The molecule has 1 unspecified atom stereocenters.